The Balaban J connectivity index is 3.40. The third-order valence-electron chi connectivity index (χ3n) is 0.357. The zero-order valence-electron chi connectivity index (χ0n) is 4.07. The molecule has 8 heavy (non-hydrogen) atoms. The van der Waals surface area contributed by atoms with Crippen molar-refractivity contribution in [3.8, 4) is 0 Å². The van der Waals surface area contributed by atoms with Crippen LogP contribution < -0.4 is 26.5 Å². The number of hydrogen-bond donors (Lipinski definition) is 1. The third kappa shape index (κ3) is 4.75. The molecule has 0 atom stereocenters. The number of hydrogen-bond acceptors (Lipinski definition) is 2. The molecule has 0 aliphatic carbocycles. The van der Waals surface area contributed by atoms with E-state index < -0.39 is 21.2 Å². The van der Waals surface area contributed by atoms with Gasteiger partial charge in [-0.15, -0.1) is 0 Å². The van der Waals surface area contributed by atoms with Gasteiger partial charge in [-0.25, -0.2) is 0 Å². The quantitative estimate of drug-likeness (QED) is 0.358. The standard InChI is InChI=1S/C3H4I2NO2/c1-6-3(8)5-2(4)7/h1H3,(H,6,8)/q-1. The van der Waals surface area contributed by atoms with Crippen molar-refractivity contribution in [1.29, 1.82) is 0 Å². The maximum absolute atomic E-state index is 10.3. The van der Waals surface area contributed by atoms with Crippen LogP contribution in [0.1, 0.15) is 0 Å². The molecule has 0 aliphatic rings. The van der Waals surface area contributed by atoms with Crippen LogP contribution in [0.15, 0.2) is 0 Å². The number of amides is 1. The first kappa shape index (κ1) is 8.60. The predicted octanol–water partition coefficient (Wildman–Crippen LogP) is -2.03. The molecule has 0 rings (SSSR count). The van der Waals surface area contributed by atoms with Gasteiger partial charge in [0.05, 0.1) is 0 Å². The summed E-state index contributed by atoms with van der Waals surface area (Å²) in [5, 5.41) is 2.38. The second-order valence-electron chi connectivity index (χ2n) is 0.844. The van der Waals surface area contributed by atoms with E-state index in [9.17, 15) is 9.59 Å². The summed E-state index contributed by atoms with van der Waals surface area (Å²) < 4.78 is -0.149. The van der Waals surface area contributed by atoms with Crippen LogP contribution in [0.2, 0.25) is 0 Å². The van der Waals surface area contributed by atoms with Crippen molar-refractivity contribution in [1.82, 2.24) is 5.32 Å². The van der Waals surface area contributed by atoms with Gasteiger partial charge in [0.25, 0.3) is 0 Å². The number of carbonyl (C=O) groups is 2. The Morgan fingerprint density at radius 2 is 2.12 bits per heavy atom. The minimum absolute atomic E-state index is 0.0271. The van der Waals surface area contributed by atoms with Crippen LogP contribution in [0.5, 0.6) is 0 Å². The summed E-state index contributed by atoms with van der Waals surface area (Å²) in [6, 6.07) is 0. The van der Waals surface area contributed by atoms with Crippen LogP contribution in [-0.4, -0.2) is 12.8 Å². The van der Waals surface area contributed by atoms with E-state index in [1.807, 2.05) is 0 Å². The summed E-state index contributed by atoms with van der Waals surface area (Å²) in [4.78, 5) is 20.5. The first-order valence-electron chi connectivity index (χ1n) is 1.73. The number of halogens is 2. The van der Waals surface area contributed by atoms with Crippen molar-refractivity contribution in [2.24, 2.45) is 0 Å². The fraction of sp³-hybridized carbons (Fsp3) is 0.333. The minimum atomic E-state index is -0.900. The zero-order valence-corrected chi connectivity index (χ0v) is 8.39. The van der Waals surface area contributed by atoms with Crippen LogP contribution in [0.4, 0.5) is 9.59 Å². The van der Waals surface area contributed by atoms with Crippen LogP contribution in [-0.2, 0) is 0 Å². The van der Waals surface area contributed by atoms with Gasteiger partial charge in [0, 0.05) is 0 Å². The molecule has 0 aromatic heterocycles. The summed E-state index contributed by atoms with van der Waals surface area (Å²) in [5.74, 6) is 0. The topological polar surface area (TPSA) is 46.2 Å². The summed E-state index contributed by atoms with van der Waals surface area (Å²) >= 11 is 0.730. The van der Waals surface area contributed by atoms with Gasteiger partial charge in [0.15, 0.2) is 0 Å². The molecule has 0 spiro atoms. The second kappa shape index (κ2) is 4.48. The van der Waals surface area contributed by atoms with Crippen LogP contribution >= 0.6 is 22.6 Å². The first-order chi connectivity index (χ1) is 3.66. The monoisotopic (exact) mass is 340 g/mol. The molecule has 1 N–H and O–H groups in total. The molecular formula is C3H4I2NO2-. The summed E-state index contributed by atoms with van der Waals surface area (Å²) in [7, 11) is 1.53. The van der Waals surface area contributed by atoms with Crippen molar-refractivity contribution < 1.29 is 30.8 Å². The molecule has 3 nitrogen and oxygen atoms in total. The van der Waals surface area contributed by atoms with Gasteiger partial charge >= 0.3 is 71.5 Å². The molecular weight excluding hydrogens is 336 g/mol. The van der Waals surface area contributed by atoms with Crippen LogP contribution in [0.25, 0.3) is 0 Å². The zero-order chi connectivity index (χ0) is 6.57. The Bertz CT molecular complexity index is 114. The fourth-order valence-electron chi connectivity index (χ4n) is 0.115. The molecule has 0 fully saturated rings. The maximum atomic E-state index is 10.3. The van der Waals surface area contributed by atoms with E-state index in [1.54, 1.807) is 22.6 Å². The van der Waals surface area contributed by atoms with Gasteiger partial charge in [-0.05, 0) is 0 Å². The van der Waals surface area contributed by atoms with Crippen molar-refractivity contribution >= 4 is 28.3 Å². The number of nitrogens with one attached hydrogen (secondary N) is 1. The molecule has 0 unspecified atom stereocenters. The van der Waals surface area contributed by atoms with E-state index >= 15 is 0 Å². The molecule has 48 valence electrons. The Labute approximate surface area is 71.0 Å². The van der Waals surface area contributed by atoms with Crippen LogP contribution in [0.3, 0.4) is 0 Å². The van der Waals surface area contributed by atoms with E-state index in [4.69, 9.17) is 0 Å². The van der Waals surface area contributed by atoms with Gasteiger partial charge in [0.1, 0.15) is 0 Å². The summed E-state index contributed by atoms with van der Waals surface area (Å²) in [5.41, 5.74) is 0. The van der Waals surface area contributed by atoms with E-state index in [2.05, 4.69) is 5.32 Å². The average Bonchev–Trinajstić information content (AvgIpc) is 1.65. The van der Waals surface area contributed by atoms with Crippen molar-refractivity contribution in [2.45, 2.75) is 0 Å². The molecule has 1 amide bonds. The number of rotatable bonds is 2. The molecule has 0 heterocycles. The Hall–Kier alpha value is 0.600. The van der Waals surface area contributed by atoms with Crippen molar-refractivity contribution in [3.05, 3.63) is 0 Å². The van der Waals surface area contributed by atoms with E-state index in [-0.39, 0.29) is 5.71 Å². The predicted molar refractivity (Wildman–Crippen MR) is 33.9 cm³/mol. The Morgan fingerprint density at radius 3 is 2.25 bits per heavy atom. The second-order valence-corrected chi connectivity index (χ2v) is 6.39. The SMILES string of the molecule is CNC(=O)[I-]C(=O)I. The molecule has 0 radical (unpaired) electrons. The molecule has 0 bridgehead atoms. The molecule has 0 saturated carbocycles. The first-order valence-corrected chi connectivity index (χ1v) is 4.96. The van der Waals surface area contributed by atoms with Gasteiger partial charge in [-0.1, -0.05) is 0 Å². The van der Waals surface area contributed by atoms with E-state index in [0.717, 1.165) is 0 Å². The van der Waals surface area contributed by atoms with E-state index in [0.29, 0.717) is 0 Å². The Morgan fingerprint density at radius 1 is 1.62 bits per heavy atom. The molecule has 0 aromatic carbocycles. The summed E-state index contributed by atoms with van der Waals surface area (Å²) in [6.45, 7) is 0. The normalized spacial score (nSPS) is 8.75. The van der Waals surface area contributed by atoms with Gasteiger partial charge in [-0.2, -0.15) is 0 Å². The van der Waals surface area contributed by atoms with Gasteiger partial charge in [0.2, 0.25) is 0 Å². The average molecular weight is 340 g/mol. The van der Waals surface area contributed by atoms with Crippen LogP contribution in [0, 0.1) is 0 Å². The van der Waals surface area contributed by atoms with Crippen molar-refractivity contribution in [2.75, 3.05) is 7.05 Å². The molecule has 0 aromatic rings. The number of carbonyl (C=O) groups excluding carboxylic acids is 2. The molecule has 5 heteroatoms. The van der Waals surface area contributed by atoms with Gasteiger partial charge < -0.3 is 0 Å². The summed E-state index contributed by atoms with van der Waals surface area (Å²) in [6.07, 6.45) is 0. The third-order valence-corrected chi connectivity index (χ3v) is 3.18. The Kier molecular flexibility index (Phi) is 4.81. The van der Waals surface area contributed by atoms with Gasteiger partial charge in [-0.3, -0.25) is 0 Å². The van der Waals surface area contributed by atoms with E-state index in [1.165, 1.54) is 7.05 Å². The molecule has 0 saturated heterocycles. The van der Waals surface area contributed by atoms with Crippen molar-refractivity contribution in [3.63, 3.8) is 0 Å². The molecule has 0 aliphatic heterocycles. The fourth-order valence-corrected chi connectivity index (χ4v) is 2.01.